The summed E-state index contributed by atoms with van der Waals surface area (Å²) in [4.78, 5) is 0. The van der Waals surface area contributed by atoms with Crippen molar-refractivity contribution in [2.45, 2.75) is 0 Å². The van der Waals surface area contributed by atoms with E-state index in [0.29, 0.717) is 0 Å². The fourth-order valence-electron chi connectivity index (χ4n) is 10.1. The Morgan fingerprint density at radius 1 is 0.161 bits per heavy atom. The largest absolute Gasteiger partial charge is 0.0622 e. The summed E-state index contributed by atoms with van der Waals surface area (Å²) < 4.78 is 0. The van der Waals surface area contributed by atoms with Gasteiger partial charge in [0.25, 0.3) is 0 Å². The normalized spacial score (nSPS) is 11.5. The first-order valence-corrected chi connectivity index (χ1v) is 21.5. The van der Waals surface area contributed by atoms with E-state index in [0.717, 1.165) is 0 Å². The summed E-state index contributed by atoms with van der Waals surface area (Å²) in [5, 5.41) is 12.5. The summed E-state index contributed by atoms with van der Waals surface area (Å²) >= 11 is 0. The first kappa shape index (κ1) is 35.8. The summed E-state index contributed by atoms with van der Waals surface area (Å²) in [5.74, 6) is 0. The van der Waals surface area contributed by atoms with Crippen LogP contribution in [0, 0.1) is 0 Å². The van der Waals surface area contributed by atoms with Crippen molar-refractivity contribution in [2.24, 2.45) is 0 Å². The fourth-order valence-corrected chi connectivity index (χ4v) is 10.1. The Morgan fingerprint density at radius 2 is 0.484 bits per heavy atom. The molecule has 0 N–H and O–H groups in total. The summed E-state index contributed by atoms with van der Waals surface area (Å²) in [6.45, 7) is 0. The zero-order chi connectivity index (χ0) is 41.0. The van der Waals surface area contributed by atoms with E-state index in [-0.39, 0.29) is 0 Å². The van der Waals surface area contributed by atoms with E-state index in [1.807, 2.05) is 0 Å². The Labute approximate surface area is 361 Å². The van der Waals surface area contributed by atoms with Gasteiger partial charge in [-0.25, -0.2) is 0 Å². The number of hydrogen-bond donors (Lipinski definition) is 0. The van der Waals surface area contributed by atoms with Gasteiger partial charge >= 0.3 is 0 Å². The van der Waals surface area contributed by atoms with Gasteiger partial charge in [0, 0.05) is 0 Å². The highest BCUT2D eigenvalue weighted by atomic mass is 14.2. The molecular weight excluding hydrogens is 745 g/mol. The Morgan fingerprint density at radius 3 is 0.984 bits per heavy atom. The average molecular weight is 785 g/mol. The highest BCUT2D eigenvalue weighted by Gasteiger charge is 2.21. The first-order chi connectivity index (χ1) is 30.8. The van der Waals surface area contributed by atoms with E-state index in [1.54, 1.807) is 0 Å². The fraction of sp³-hybridized carbons (Fsp3) is 0. The lowest BCUT2D eigenvalue weighted by molar-refractivity contribution is 1.62. The average Bonchev–Trinajstić information content (AvgIpc) is 3.35. The van der Waals surface area contributed by atoms with Crippen LogP contribution in [0.2, 0.25) is 0 Å². The standard InChI is InChI=1S/C62H40/c1-4-17-41(18-5-1)47-35-37-55-57(39-47)61(44-22-8-3-9-23-44)52-27-13-12-26-51(52)59(55)45-31-33-46(34-32-45)60-53-28-14-15-29-54(53)62(50-30-16-24-43-21-10-11-25-49(43)50)58-40-48(36-38-56(58)60)42-19-6-2-7-20-42/h1-40H. The third-order valence-corrected chi connectivity index (χ3v) is 12.8. The second-order valence-corrected chi connectivity index (χ2v) is 16.3. The summed E-state index contributed by atoms with van der Waals surface area (Å²) in [6.07, 6.45) is 0. The zero-order valence-electron chi connectivity index (χ0n) is 34.1. The third-order valence-electron chi connectivity index (χ3n) is 12.8. The molecule has 0 aliphatic carbocycles. The SMILES string of the molecule is c1ccc(-c2ccc3c(-c4ccc(-c5c6ccccc6c(-c6cccc7ccccc67)c6cc(-c7ccccc7)ccc56)cc4)c4ccccc4c(-c4ccccc4)c3c2)cc1. The second kappa shape index (κ2) is 14.9. The molecule has 62 heavy (non-hydrogen) atoms. The maximum absolute atomic E-state index is 2.42. The van der Waals surface area contributed by atoms with Crippen LogP contribution in [-0.4, -0.2) is 0 Å². The Bertz CT molecular complexity index is 3630. The van der Waals surface area contributed by atoms with Crippen LogP contribution >= 0.6 is 0 Å². The monoisotopic (exact) mass is 784 g/mol. The van der Waals surface area contributed by atoms with Crippen molar-refractivity contribution in [3.63, 3.8) is 0 Å². The molecule has 0 bridgehead atoms. The highest BCUT2D eigenvalue weighted by molar-refractivity contribution is 6.25. The maximum Gasteiger partial charge on any atom is -0.00199 e. The van der Waals surface area contributed by atoms with Gasteiger partial charge in [0.2, 0.25) is 0 Å². The molecule has 0 heteroatoms. The molecule has 0 aliphatic rings. The summed E-state index contributed by atoms with van der Waals surface area (Å²) in [6, 6.07) is 89.3. The Kier molecular flexibility index (Phi) is 8.61. The third kappa shape index (κ3) is 5.92. The van der Waals surface area contributed by atoms with Crippen molar-refractivity contribution in [3.05, 3.63) is 243 Å². The van der Waals surface area contributed by atoms with Crippen LogP contribution in [0.15, 0.2) is 243 Å². The van der Waals surface area contributed by atoms with Crippen molar-refractivity contribution in [2.75, 3.05) is 0 Å². The van der Waals surface area contributed by atoms with Gasteiger partial charge in [0.15, 0.2) is 0 Å². The van der Waals surface area contributed by atoms with E-state index >= 15 is 0 Å². The van der Waals surface area contributed by atoms with Crippen molar-refractivity contribution < 1.29 is 0 Å². The zero-order valence-corrected chi connectivity index (χ0v) is 34.1. The minimum atomic E-state index is 1.20. The van der Waals surface area contributed by atoms with Crippen LogP contribution in [0.4, 0.5) is 0 Å². The molecule has 12 rings (SSSR count). The molecule has 0 radical (unpaired) electrons. The van der Waals surface area contributed by atoms with Crippen LogP contribution in [0.5, 0.6) is 0 Å². The molecule has 0 nitrogen and oxygen atoms in total. The summed E-state index contributed by atoms with van der Waals surface area (Å²) in [5.41, 5.74) is 14.8. The van der Waals surface area contributed by atoms with Crippen LogP contribution in [-0.2, 0) is 0 Å². The van der Waals surface area contributed by atoms with Crippen LogP contribution in [0.25, 0.3) is 121 Å². The molecule has 0 saturated carbocycles. The molecule has 12 aromatic carbocycles. The highest BCUT2D eigenvalue weighted by Crippen LogP contribution is 2.48. The summed E-state index contributed by atoms with van der Waals surface area (Å²) in [7, 11) is 0. The van der Waals surface area contributed by atoms with Crippen molar-refractivity contribution in [1.82, 2.24) is 0 Å². The lowest BCUT2D eigenvalue weighted by Crippen LogP contribution is -1.93. The number of rotatable bonds is 6. The van der Waals surface area contributed by atoms with Crippen LogP contribution < -0.4 is 0 Å². The number of hydrogen-bond acceptors (Lipinski definition) is 0. The van der Waals surface area contributed by atoms with E-state index in [1.165, 1.54) is 121 Å². The molecule has 0 fully saturated rings. The van der Waals surface area contributed by atoms with Crippen molar-refractivity contribution in [1.29, 1.82) is 0 Å². The second-order valence-electron chi connectivity index (χ2n) is 16.3. The molecule has 0 aromatic heterocycles. The van der Waals surface area contributed by atoms with Gasteiger partial charge in [-0.3, -0.25) is 0 Å². The van der Waals surface area contributed by atoms with Gasteiger partial charge < -0.3 is 0 Å². The van der Waals surface area contributed by atoms with Gasteiger partial charge in [0.05, 0.1) is 0 Å². The molecule has 0 heterocycles. The minimum absolute atomic E-state index is 1.20. The first-order valence-electron chi connectivity index (χ1n) is 21.5. The molecule has 0 aliphatic heterocycles. The lowest BCUT2D eigenvalue weighted by Gasteiger charge is -2.20. The molecule has 0 amide bonds. The van der Waals surface area contributed by atoms with Gasteiger partial charge in [-0.2, -0.15) is 0 Å². The Balaban J connectivity index is 1.10. The predicted molar refractivity (Wildman–Crippen MR) is 267 cm³/mol. The van der Waals surface area contributed by atoms with Crippen molar-refractivity contribution in [3.8, 4) is 66.8 Å². The van der Waals surface area contributed by atoms with E-state index < -0.39 is 0 Å². The minimum Gasteiger partial charge on any atom is -0.0622 e. The predicted octanol–water partition coefficient (Wildman–Crippen LogP) is 17.5. The van der Waals surface area contributed by atoms with Gasteiger partial charge in [0.1, 0.15) is 0 Å². The van der Waals surface area contributed by atoms with E-state index in [4.69, 9.17) is 0 Å². The van der Waals surface area contributed by atoms with Gasteiger partial charge in [-0.1, -0.05) is 231 Å². The maximum atomic E-state index is 2.42. The topological polar surface area (TPSA) is 0 Å². The molecular formula is C62H40. The molecule has 0 spiro atoms. The van der Waals surface area contributed by atoms with Crippen LogP contribution in [0.3, 0.4) is 0 Å². The Hall–Kier alpha value is -8.06. The molecule has 0 saturated heterocycles. The number of fused-ring (bicyclic) bond motifs is 5. The quantitative estimate of drug-likeness (QED) is 0.147. The van der Waals surface area contributed by atoms with E-state index in [9.17, 15) is 0 Å². The molecule has 0 atom stereocenters. The lowest BCUT2D eigenvalue weighted by atomic mass is 9.83. The molecule has 288 valence electrons. The van der Waals surface area contributed by atoms with Gasteiger partial charge in [-0.05, 0) is 133 Å². The smallest absolute Gasteiger partial charge is 0.00199 e. The number of benzene rings is 12. The molecule has 0 unspecified atom stereocenters. The van der Waals surface area contributed by atoms with E-state index in [2.05, 4.69) is 243 Å². The van der Waals surface area contributed by atoms with Gasteiger partial charge in [-0.15, -0.1) is 0 Å². The van der Waals surface area contributed by atoms with Crippen LogP contribution in [0.1, 0.15) is 0 Å². The molecule has 12 aromatic rings. The van der Waals surface area contributed by atoms with Crippen molar-refractivity contribution >= 4 is 53.9 Å².